The van der Waals surface area contributed by atoms with Crippen molar-refractivity contribution in [3.63, 3.8) is 0 Å². The highest BCUT2D eigenvalue weighted by molar-refractivity contribution is 6.33. The van der Waals surface area contributed by atoms with Crippen molar-refractivity contribution in [3.8, 4) is 0 Å². The molecule has 0 spiro atoms. The molecule has 1 unspecified atom stereocenters. The summed E-state index contributed by atoms with van der Waals surface area (Å²) in [5, 5.41) is 3.17. The fourth-order valence-corrected chi connectivity index (χ4v) is 1.94. The van der Waals surface area contributed by atoms with Crippen molar-refractivity contribution in [1.29, 1.82) is 0 Å². The number of nitrogen functional groups attached to an aromatic ring is 1. The number of rotatable bonds is 2. The van der Waals surface area contributed by atoms with Gasteiger partial charge in [-0.15, -0.1) is 0 Å². The third-order valence-electron chi connectivity index (χ3n) is 2.62. The predicted molar refractivity (Wildman–Crippen MR) is 65.0 cm³/mol. The van der Waals surface area contributed by atoms with E-state index in [1.54, 1.807) is 0 Å². The van der Waals surface area contributed by atoms with Crippen LogP contribution in [0.3, 0.4) is 0 Å². The molecule has 1 atom stereocenters. The molecule has 0 saturated carbocycles. The Balaban J connectivity index is 2.05. The number of anilines is 1. The molecule has 92 valence electrons. The van der Waals surface area contributed by atoms with Gasteiger partial charge in [0.15, 0.2) is 0 Å². The molecule has 0 aliphatic carbocycles. The van der Waals surface area contributed by atoms with Gasteiger partial charge in [-0.3, -0.25) is 4.79 Å². The highest BCUT2D eigenvalue weighted by atomic mass is 35.5. The van der Waals surface area contributed by atoms with Crippen LogP contribution in [0.5, 0.6) is 0 Å². The maximum absolute atomic E-state index is 12.0. The Kier molecular flexibility index (Phi) is 3.81. The molecule has 5 nitrogen and oxygen atoms in total. The molecule has 2 rings (SSSR count). The number of carbonyl (C=O) groups excluding carboxylic acids is 1. The number of pyridine rings is 1. The first kappa shape index (κ1) is 12.1. The number of ether oxygens (including phenoxy) is 1. The van der Waals surface area contributed by atoms with Crippen molar-refractivity contribution < 1.29 is 9.53 Å². The van der Waals surface area contributed by atoms with Crippen molar-refractivity contribution in [2.24, 2.45) is 0 Å². The van der Waals surface area contributed by atoms with Crippen LogP contribution in [-0.2, 0) is 4.74 Å². The maximum Gasteiger partial charge on any atom is 0.253 e. The molecule has 1 aliphatic heterocycles. The van der Waals surface area contributed by atoms with Crippen molar-refractivity contribution in [3.05, 3.63) is 22.8 Å². The first-order chi connectivity index (χ1) is 8.16. The van der Waals surface area contributed by atoms with Crippen molar-refractivity contribution >= 4 is 23.3 Å². The molecule has 1 aromatic heterocycles. The largest absolute Gasteiger partial charge is 0.384 e. The molecule has 1 fully saturated rings. The topological polar surface area (TPSA) is 77.2 Å². The Morgan fingerprint density at radius 3 is 3.18 bits per heavy atom. The minimum Gasteiger partial charge on any atom is -0.384 e. The van der Waals surface area contributed by atoms with Crippen LogP contribution < -0.4 is 11.1 Å². The highest BCUT2D eigenvalue weighted by Gasteiger charge is 2.18. The van der Waals surface area contributed by atoms with Crippen LogP contribution >= 0.6 is 11.6 Å². The zero-order valence-corrected chi connectivity index (χ0v) is 10.0. The Morgan fingerprint density at radius 2 is 2.47 bits per heavy atom. The smallest absolute Gasteiger partial charge is 0.253 e. The summed E-state index contributed by atoms with van der Waals surface area (Å²) in [7, 11) is 0. The van der Waals surface area contributed by atoms with Crippen molar-refractivity contribution in [1.82, 2.24) is 10.3 Å². The quantitative estimate of drug-likeness (QED) is 0.833. The molecule has 0 radical (unpaired) electrons. The van der Waals surface area contributed by atoms with E-state index in [-0.39, 0.29) is 17.8 Å². The van der Waals surface area contributed by atoms with Crippen LogP contribution in [0.1, 0.15) is 23.2 Å². The molecule has 6 heteroatoms. The molecule has 0 bridgehead atoms. The number of aromatic nitrogens is 1. The van der Waals surface area contributed by atoms with E-state index in [9.17, 15) is 4.79 Å². The summed E-state index contributed by atoms with van der Waals surface area (Å²) in [6, 6.07) is 1.52. The molecule has 1 amide bonds. The average Bonchev–Trinajstić information content (AvgIpc) is 2.33. The Bertz CT molecular complexity index is 419. The summed E-state index contributed by atoms with van der Waals surface area (Å²) in [5.41, 5.74) is 5.88. The second-order valence-electron chi connectivity index (χ2n) is 3.98. The van der Waals surface area contributed by atoms with Crippen LogP contribution in [0.15, 0.2) is 12.3 Å². The van der Waals surface area contributed by atoms with Gasteiger partial charge in [-0.1, -0.05) is 11.6 Å². The third-order valence-corrected chi connectivity index (χ3v) is 2.92. The number of hydrogen-bond donors (Lipinski definition) is 2. The van der Waals surface area contributed by atoms with Crippen LogP contribution in [-0.4, -0.2) is 30.1 Å². The summed E-state index contributed by atoms with van der Waals surface area (Å²) >= 11 is 5.90. The first-order valence-corrected chi connectivity index (χ1v) is 5.84. The molecular weight excluding hydrogens is 242 g/mol. The van der Waals surface area contributed by atoms with E-state index in [1.165, 1.54) is 12.3 Å². The number of carbonyl (C=O) groups is 1. The third kappa shape index (κ3) is 3.08. The molecule has 1 saturated heterocycles. The van der Waals surface area contributed by atoms with Crippen LogP contribution in [0.4, 0.5) is 5.82 Å². The summed E-state index contributed by atoms with van der Waals surface area (Å²) in [6.45, 7) is 1.30. The number of halogens is 1. The minimum atomic E-state index is -0.236. The SMILES string of the molecule is Nc1cc(C(=O)NC2CCCOC2)c(Cl)cn1. The molecular formula is C11H14ClN3O2. The van der Waals surface area contributed by atoms with E-state index in [0.717, 1.165) is 19.4 Å². The van der Waals surface area contributed by atoms with Gasteiger partial charge in [0.25, 0.3) is 5.91 Å². The van der Waals surface area contributed by atoms with E-state index in [0.29, 0.717) is 17.2 Å². The molecule has 2 heterocycles. The van der Waals surface area contributed by atoms with Crippen LogP contribution in [0, 0.1) is 0 Å². The van der Waals surface area contributed by atoms with Crippen molar-refractivity contribution in [2.45, 2.75) is 18.9 Å². The van der Waals surface area contributed by atoms with E-state index < -0.39 is 0 Å². The lowest BCUT2D eigenvalue weighted by atomic mass is 10.1. The van der Waals surface area contributed by atoms with Gasteiger partial charge < -0.3 is 15.8 Å². The molecule has 1 aromatic rings. The van der Waals surface area contributed by atoms with Gasteiger partial charge in [-0.05, 0) is 18.9 Å². The van der Waals surface area contributed by atoms with E-state index in [2.05, 4.69) is 10.3 Å². The fraction of sp³-hybridized carbons (Fsp3) is 0.455. The summed E-state index contributed by atoms with van der Waals surface area (Å²) < 4.78 is 5.29. The second-order valence-corrected chi connectivity index (χ2v) is 4.38. The Morgan fingerprint density at radius 1 is 1.65 bits per heavy atom. The molecule has 3 N–H and O–H groups in total. The van der Waals surface area contributed by atoms with Crippen LogP contribution in [0.2, 0.25) is 5.02 Å². The molecule has 0 aromatic carbocycles. The Hall–Kier alpha value is -1.33. The number of nitrogens with two attached hydrogens (primary N) is 1. The standard InChI is InChI=1S/C11H14ClN3O2/c12-9-5-14-10(13)4-8(9)11(16)15-7-2-1-3-17-6-7/h4-5,7H,1-3,6H2,(H2,13,14)(H,15,16). The first-order valence-electron chi connectivity index (χ1n) is 5.46. The van der Waals surface area contributed by atoms with E-state index in [1.807, 2.05) is 0 Å². The van der Waals surface area contributed by atoms with Gasteiger partial charge in [-0.25, -0.2) is 4.98 Å². The molecule has 1 aliphatic rings. The summed E-state index contributed by atoms with van der Waals surface area (Å²) in [4.78, 5) is 15.8. The van der Waals surface area contributed by atoms with Gasteiger partial charge in [0.05, 0.1) is 23.2 Å². The predicted octanol–water partition coefficient (Wildman–Crippen LogP) is 1.23. The lowest BCUT2D eigenvalue weighted by Crippen LogP contribution is -2.40. The van der Waals surface area contributed by atoms with E-state index >= 15 is 0 Å². The lowest BCUT2D eigenvalue weighted by molar-refractivity contribution is 0.0624. The average molecular weight is 256 g/mol. The highest BCUT2D eigenvalue weighted by Crippen LogP contribution is 2.17. The fourth-order valence-electron chi connectivity index (χ4n) is 1.75. The number of hydrogen-bond acceptors (Lipinski definition) is 4. The monoisotopic (exact) mass is 255 g/mol. The number of nitrogens with one attached hydrogen (secondary N) is 1. The van der Waals surface area contributed by atoms with Gasteiger partial charge in [0, 0.05) is 12.8 Å². The Labute approximate surface area is 104 Å². The lowest BCUT2D eigenvalue weighted by Gasteiger charge is -2.23. The summed E-state index contributed by atoms with van der Waals surface area (Å²) in [6.07, 6.45) is 3.25. The zero-order valence-electron chi connectivity index (χ0n) is 9.28. The number of nitrogens with zero attached hydrogens (tertiary/aromatic N) is 1. The molecule has 17 heavy (non-hydrogen) atoms. The van der Waals surface area contributed by atoms with Gasteiger partial charge in [-0.2, -0.15) is 0 Å². The van der Waals surface area contributed by atoms with Crippen LogP contribution in [0.25, 0.3) is 0 Å². The number of amides is 1. The van der Waals surface area contributed by atoms with Crippen molar-refractivity contribution in [2.75, 3.05) is 18.9 Å². The van der Waals surface area contributed by atoms with Gasteiger partial charge in [0.1, 0.15) is 5.82 Å². The summed E-state index contributed by atoms with van der Waals surface area (Å²) in [5.74, 6) is 0.0408. The van der Waals surface area contributed by atoms with Gasteiger partial charge >= 0.3 is 0 Å². The second kappa shape index (κ2) is 5.33. The zero-order chi connectivity index (χ0) is 12.3. The minimum absolute atomic E-state index is 0.0432. The normalized spacial score (nSPS) is 19.9. The van der Waals surface area contributed by atoms with E-state index in [4.69, 9.17) is 22.1 Å². The maximum atomic E-state index is 12.0. The van der Waals surface area contributed by atoms with Gasteiger partial charge in [0.2, 0.25) is 0 Å².